The molecule has 0 amide bonds. The molecule has 6 aliphatic heterocycles. The van der Waals surface area contributed by atoms with Crippen molar-refractivity contribution in [2.24, 2.45) is 17.8 Å². The highest BCUT2D eigenvalue weighted by atomic mass is 127. The number of ether oxygens (including phenoxy) is 6. The highest BCUT2D eigenvalue weighted by molar-refractivity contribution is 14.1. The Bertz CT molecular complexity index is 2290. The van der Waals surface area contributed by atoms with Crippen LogP contribution in [0.2, 0.25) is 54.4 Å². The summed E-state index contributed by atoms with van der Waals surface area (Å²) in [6.07, 6.45) is 9.16. The van der Waals surface area contributed by atoms with Crippen LogP contribution in [0.25, 0.3) is 0 Å². The maximum Gasteiger partial charge on any atom is 0.193 e. The molecule has 6 fully saturated rings. The first-order valence-corrected chi connectivity index (χ1v) is 42.4. The number of aliphatic hydroxyl groups excluding tert-OH is 2. The third-order valence-electron chi connectivity index (χ3n) is 21.8. The van der Waals surface area contributed by atoms with Crippen molar-refractivity contribution < 1.29 is 51.9 Å². The average Bonchev–Trinajstić information content (AvgIpc) is 2.15. The number of rotatable bonds is 23. The Morgan fingerprint density at radius 1 is 0.723 bits per heavy atom. The van der Waals surface area contributed by atoms with Crippen molar-refractivity contribution in [2.75, 3.05) is 6.61 Å². The van der Waals surface area contributed by atoms with Crippen LogP contribution in [0.1, 0.15) is 185 Å². The molecule has 1 aromatic carbocycles. The fourth-order valence-electron chi connectivity index (χ4n) is 13.6. The number of aliphatic hydroxyl groups is 2. The molecule has 6 aliphatic rings. The monoisotopic (exact) mass is 1320 g/mol. The minimum atomic E-state index is -2.48. The van der Waals surface area contributed by atoms with Gasteiger partial charge in [-0.05, 0) is 177 Å². The zero-order chi connectivity index (χ0) is 61.4. The lowest BCUT2D eigenvalue weighted by molar-refractivity contribution is -0.268. The summed E-state index contributed by atoms with van der Waals surface area (Å²) in [5.74, 6) is 0.0889. The molecule has 6 saturated heterocycles. The first-order valence-electron chi connectivity index (χ1n) is 32.4. The van der Waals surface area contributed by atoms with Crippen molar-refractivity contribution in [3.8, 4) is 0 Å². The molecule has 0 aliphatic carbocycles. The van der Waals surface area contributed by atoms with E-state index in [0.29, 0.717) is 12.8 Å². The average molecular weight is 1320 g/mol. The van der Waals surface area contributed by atoms with Gasteiger partial charge in [-0.15, -0.1) is 0 Å². The predicted molar refractivity (Wildman–Crippen MR) is 354 cm³/mol. The maximum atomic E-state index is 13.4. The van der Waals surface area contributed by atoms with Crippen molar-refractivity contribution in [3.63, 3.8) is 0 Å². The Morgan fingerprint density at radius 2 is 1.35 bits per heavy atom. The fraction of sp³-hybridized carbons (Fsp3) is 0.824. The summed E-state index contributed by atoms with van der Waals surface area (Å²) < 4.78 is 67.9. The molecule has 0 aromatic heterocycles. The predicted octanol–water partition coefficient (Wildman–Crippen LogP) is 16.3. The quantitative estimate of drug-likeness (QED) is 0.0618. The van der Waals surface area contributed by atoms with E-state index in [1.54, 1.807) is 0 Å². The van der Waals surface area contributed by atoms with Gasteiger partial charge in [0.2, 0.25) is 0 Å². The summed E-state index contributed by atoms with van der Waals surface area (Å²) in [6, 6.07) is 10.7. The second kappa shape index (κ2) is 27.9. The van der Waals surface area contributed by atoms with Gasteiger partial charge in [-0.2, -0.15) is 0 Å². The summed E-state index contributed by atoms with van der Waals surface area (Å²) in [4.78, 5) is 0. The van der Waals surface area contributed by atoms with Gasteiger partial charge < -0.3 is 51.9 Å². The summed E-state index contributed by atoms with van der Waals surface area (Å²) in [7, 11) is -7.26. The molecular weight excluding hydrogens is 1200 g/mol. The molecule has 15 heteroatoms. The van der Waals surface area contributed by atoms with Crippen LogP contribution < -0.4 is 0 Å². The van der Waals surface area contributed by atoms with E-state index in [-0.39, 0.29) is 112 Å². The standard InChI is InChI=1S/C68H117IO11Si3/c1-43-38-49(29-31-53-44(2)39-48(72-53)28-25-37-70)73-57(45(43)3)42-58-59(46(4)56(75-58)41-51-33-35-68(14,15)77-51)60(47-26-23-22-24-27-47)52(71)40-50-30-32-54-61(74-50)63(79-82(18,19)66(8,9)10)64(80-83(20,21)67(11,12)13)62(76-54)55(34-36-69)78-81(16,17)65(5,6)7/h22-24,26-27,34,36,43,46,48-64,70-71H,2-3,25,28-33,35,37-42H2,1,4-21H3/b36-34+/t43-,46+,48+,49+,50-,51-,52?,53+,54?,55+,56-,57-,58+,59-,60?,61+,62+,63+,64-/m1/s1. The summed E-state index contributed by atoms with van der Waals surface area (Å²) in [5.41, 5.74) is 3.23. The van der Waals surface area contributed by atoms with Gasteiger partial charge in [-0.3, -0.25) is 0 Å². The van der Waals surface area contributed by atoms with Crippen molar-refractivity contribution in [2.45, 2.75) is 331 Å². The van der Waals surface area contributed by atoms with Crippen LogP contribution in [-0.2, 0) is 41.7 Å². The minimum Gasteiger partial charge on any atom is -0.408 e. The maximum absolute atomic E-state index is 13.4. The molecule has 0 radical (unpaired) electrons. The molecule has 6 heterocycles. The van der Waals surface area contributed by atoms with Crippen molar-refractivity contribution in [1.82, 2.24) is 0 Å². The highest BCUT2D eigenvalue weighted by Crippen LogP contribution is 2.52. The number of benzene rings is 1. The van der Waals surface area contributed by atoms with E-state index in [9.17, 15) is 10.2 Å². The van der Waals surface area contributed by atoms with Crippen LogP contribution in [0.3, 0.4) is 0 Å². The molecule has 474 valence electrons. The first-order chi connectivity index (χ1) is 38.5. The van der Waals surface area contributed by atoms with E-state index in [1.807, 2.05) is 0 Å². The second-order valence-corrected chi connectivity index (χ2v) is 46.7. The Balaban J connectivity index is 1.21. The van der Waals surface area contributed by atoms with Crippen molar-refractivity contribution in [3.05, 3.63) is 70.4 Å². The molecular formula is C68H117IO11Si3. The Hall–Kier alpha value is -0.619. The number of fused-ring (bicyclic) bond motifs is 1. The Labute approximate surface area is 521 Å². The molecule has 0 saturated carbocycles. The van der Waals surface area contributed by atoms with Crippen LogP contribution in [0.4, 0.5) is 0 Å². The SMILES string of the molecule is C=C1C[C@H](CCCO)O[C@H]1CC[C@H]1C[C@@H](C)C(=C)[C@@H](C[C@@H]2O[C@H](C[C@H]3CCC(C)(C)O3)[C@H](C)[C@H]2C(c2ccccc2)C(O)C[C@H]2CCC3O[C@@H]([C@H](/C=C/I)O[Si](C)(C)C(C)(C)C)[C@@H](O[Si](C)(C)C(C)(C)C)[C@@H](O[Si](C)(C)C(C)(C)C)[C@H]3O2)O1. The van der Waals surface area contributed by atoms with Crippen molar-refractivity contribution >= 4 is 47.5 Å². The van der Waals surface area contributed by atoms with Gasteiger partial charge in [0.05, 0.1) is 72.7 Å². The number of halogens is 1. The molecule has 83 heavy (non-hydrogen) atoms. The van der Waals surface area contributed by atoms with Crippen LogP contribution in [-0.4, -0.2) is 139 Å². The minimum absolute atomic E-state index is 0.0118. The second-order valence-electron chi connectivity index (χ2n) is 31.7. The number of hydrogen-bond acceptors (Lipinski definition) is 11. The smallest absolute Gasteiger partial charge is 0.193 e. The lowest BCUT2D eigenvalue weighted by Gasteiger charge is -2.56. The van der Waals surface area contributed by atoms with Crippen LogP contribution >= 0.6 is 22.6 Å². The van der Waals surface area contributed by atoms with Gasteiger partial charge >= 0.3 is 0 Å². The molecule has 11 nitrogen and oxygen atoms in total. The Morgan fingerprint density at radius 3 is 1.94 bits per heavy atom. The third-order valence-corrected chi connectivity index (χ3v) is 35.7. The molecule has 0 spiro atoms. The topological polar surface area (TPSA) is 124 Å². The van der Waals surface area contributed by atoms with E-state index >= 15 is 0 Å². The third kappa shape index (κ3) is 17.1. The molecule has 19 atom stereocenters. The van der Waals surface area contributed by atoms with Gasteiger partial charge in [-0.25, -0.2) is 0 Å². The zero-order valence-corrected chi connectivity index (χ0v) is 60.4. The Kier molecular flexibility index (Phi) is 23.4. The first kappa shape index (κ1) is 69.8. The van der Waals surface area contributed by atoms with Gasteiger partial charge in [-0.1, -0.05) is 142 Å². The van der Waals surface area contributed by atoms with E-state index in [4.69, 9.17) is 48.3 Å². The zero-order valence-electron chi connectivity index (χ0n) is 55.3. The highest BCUT2D eigenvalue weighted by Gasteiger charge is 2.59. The van der Waals surface area contributed by atoms with Crippen LogP contribution in [0, 0.1) is 17.8 Å². The van der Waals surface area contributed by atoms with E-state index in [2.05, 4.69) is 199 Å². The number of hydrogen-bond donors (Lipinski definition) is 2. The molecule has 0 bridgehead atoms. The molecule has 7 rings (SSSR count). The van der Waals surface area contributed by atoms with Gasteiger partial charge in [0, 0.05) is 31.8 Å². The largest absolute Gasteiger partial charge is 0.408 e. The summed E-state index contributed by atoms with van der Waals surface area (Å²) >= 11 is 2.33. The van der Waals surface area contributed by atoms with Gasteiger partial charge in [0.1, 0.15) is 24.4 Å². The van der Waals surface area contributed by atoms with Crippen LogP contribution in [0.5, 0.6) is 0 Å². The molecule has 1 aromatic rings. The van der Waals surface area contributed by atoms with Crippen LogP contribution in [0.15, 0.2) is 64.8 Å². The molecule has 2 N–H and O–H groups in total. The normalized spacial score (nSPS) is 35.3. The summed E-state index contributed by atoms with van der Waals surface area (Å²) in [5, 5.41) is 22.7. The van der Waals surface area contributed by atoms with Gasteiger partial charge in [0.15, 0.2) is 25.0 Å². The lowest BCUT2D eigenvalue weighted by atomic mass is 9.70. The van der Waals surface area contributed by atoms with Crippen molar-refractivity contribution in [1.29, 1.82) is 0 Å². The van der Waals surface area contributed by atoms with E-state index in [1.165, 1.54) is 0 Å². The van der Waals surface area contributed by atoms with Gasteiger partial charge in [0.25, 0.3) is 0 Å². The van der Waals surface area contributed by atoms with E-state index in [0.717, 1.165) is 87.3 Å². The molecule has 3 unspecified atom stereocenters. The summed E-state index contributed by atoms with van der Waals surface area (Å²) in [6.45, 7) is 53.2. The fourth-order valence-corrected chi connectivity index (χ4v) is 17.9. The van der Waals surface area contributed by atoms with E-state index < -0.39 is 55.5 Å². The lowest BCUT2D eigenvalue weighted by Crippen LogP contribution is -2.69.